The Morgan fingerprint density at radius 2 is 1.92 bits per heavy atom. The number of piperazine rings is 1. The number of hydrogen-bond acceptors (Lipinski definition) is 5. The number of benzene rings is 1. The Labute approximate surface area is 150 Å². The van der Waals surface area contributed by atoms with Crippen LogP contribution in [0.2, 0.25) is 0 Å². The maximum Gasteiger partial charge on any atom is 0.311 e. The Hall–Kier alpha value is -3.40. The number of pyridine rings is 1. The number of nitro groups is 1. The van der Waals surface area contributed by atoms with Crippen LogP contribution in [0.25, 0.3) is 0 Å². The van der Waals surface area contributed by atoms with Crippen molar-refractivity contribution in [1.82, 2.24) is 9.88 Å². The minimum Gasteiger partial charge on any atom is -0.362 e. The Kier molecular flexibility index (Phi) is 5.13. The molecule has 1 aromatic heterocycles. The number of hydrogen-bond donors (Lipinski definition) is 0. The van der Waals surface area contributed by atoms with E-state index in [2.05, 4.69) is 23.4 Å². The first-order valence-electron chi connectivity index (χ1n) is 8.11. The van der Waals surface area contributed by atoms with Crippen LogP contribution in [0.15, 0.2) is 54.9 Å². The summed E-state index contributed by atoms with van der Waals surface area (Å²) in [7, 11) is 0. The molecule has 132 valence electrons. The van der Waals surface area contributed by atoms with Crippen LogP contribution in [-0.2, 0) is 0 Å². The van der Waals surface area contributed by atoms with E-state index in [0.717, 1.165) is 0 Å². The first-order chi connectivity index (χ1) is 12.6. The van der Waals surface area contributed by atoms with Crippen molar-refractivity contribution in [3.05, 3.63) is 76.4 Å². The van der Waals surface area contributed by atoms with E-state index in [1.165, 1.54) is 12.1 Å². The minimum absolute atomic E-state index is 0.000814. The average molecular weight is 352 g/mol. The zero-order chi connectivity index (χ0) is 18.5. The van der Waals surface area contributed by atoms with Gasteiger partial charge in [-0.15, -0.1) is 0 Å². The van der Waals surface area contributed by atoms with Gasteiger partial charge in [0.05, 0.1) is 16.2 Å². The van der Waals surface area contributed by atoms with Crippen molar-refractivity contribution in [2.45, 2.75) is 0 Å². The summed E-state index contributed by atoms with van der Waals surface area (Å²) < 4.78 is 13.6. The van der Waals surface area contributed by atoms with Crippen molar-refractivity contribution in [2.24, 2.45) is 0 Å². The van der Waals surface area contributed by atoms with Gasteiger partial charge >= 0.3 is 5.69 Å². The van der Waals surface area contributed by atoms with Gasteiger partial charge in [0.1, 0.15) is 5.82 Å². The summed E-state index contributed by atoms with van der Waals surface area (Å²) in [4.78, 5) is 18.7. The summed E-state index contributed by atoms with van der Waals surface area (Å²) in [5.74, 6) is 5.70. The zero-order valence-corrected chi connectivity index (χ0v) is 14.1. The summed E-state index contributed by atoms with van der Waals surface area (Å²) in [5, 5.41) is 11.1. The quantitative estimate of drug-likeness (QED) is 0.483. The molecule has 1 aliphatic heterocycles. The molecule has 0 unspecified atom stereocenters. The van der Waals surface area contributed by atoms with E-state index in [0.29, 0.717) is 43.3 Å². The second-order valence-electron chi connectivity index (χ2n) is 5.75. The van der Waals surface area contributed by atoms with Gasteiger partial charge < -0.3 is 9.80 Å². The van der Waals surface area contributed by atoms with E-state index >= 15 is 0 Å². The molecular formula is C19H17FN4O2. The fraction of sp³-hybridized carbons (Fsp3) is 0.211. The number of rotatable bonds is 3. The largest absolute Gasteiger partial charge is 0.362 e. The number of anilines is 1. The predicted molar refractivity (Wildman–Crippen MR) is 97.1 cm³/mol. The molecule has 2 heterocycles. The topological polar surface area (TPSA) is 62.5 Å². The van der Waals surface area contributed by atoms with Crippen molar-refractivity contribution >= 4 is 11.5 Å². The van der Waals surface area contributed by atoms with Crippen LogP contribution in [0.3, 0.4) is 0 Å². The third-order valence-electron chi connectivity index (χ3n) is 4.14. The summed E-state index contributed by atoms with van der Waals surface area (Å²) in [6.45, 7) is 6.31. The molecule has 6 nitrogen and oxygen atoms in total. The maximum absolute atomic E-state index is 13.6. The third-order valence-corrected chi connectivity index (χ3v) is 4.14. The summed E-state index contributed by atoms with van der Waals surface area (Å²) in [6, 6.07) is 9.34. The van der Waals surface area contributed by atoms with E-state index in [1.54, 1.807) is 30.5 Å². The van der Waals surface area contributed by atoms with Gasteiger partial charge in [-0.2, -0.15) is 0 Å². The molecule has 0 saturated carbocycles. The second kappa shape index (κ2) is 7.66. The lowest BCUT2D eigenvalue weighted by atomic mass is 10.2. The van der Waals surface area contributed by atoms with Gasteiger partial charge in [-0.1, -0.05) is 24.6 Å². The highest BCUT2D eigenvalue weighted by Gasteiger charge is 2.24. The molecular weight excluding hydrogens is 335 g/mol. The van der Waals surface area contributed by atoms with Gasteiger partial charge in [-0.05, 0) is 24.1 Å². The standard InChI is InChI=1S/C19H17FN4O2/c1-15(8-9-16-5-2-3-6-17(16)20)22-11-13-23(14-12-22)19-18(24(25)26)7-4-10-21-19/h2-7,10H,1,11-14H2. The number of aromatic nitrogens is 1. The van der Waals surface area contributed by atoms with Gasteiger partial charge in [0.2, 0.25) is 5.82 Å². The van der Waals surface area contributed by atoms with Crippen molar-refractivity contribution in [1.29, 1.82) is 0 Å². The Morgan fingerprint density at radius 1 is 1.19 bits per heavy atom. The monoisotopic (exact) mass is 352 g/mol. The third kappa shape index (κ3) is 3.81. The van der Waals surface area contributed by atoms with Gasteiger partial charge in [0.15, 0.2) is 0 Å². The number of nitrogens with zero attached hydrogens (tertiary/aromatic N) is 4. The van der Waals surface area contributed by atoms with E-state index in [-0.39, 0.29) is 11.5 Å². The fourth-order valence-corrected chi connectivity index (χ4v) is 2.74. The molecule has 1 aromatic carbocycles. The lowest BCUT2D eigenvalue weighted by Crippen LogP contribution is -2.46. The van der Waals surface area contributed by atoms with Crippen LogP contribution in [-0.4, -0.2) is 41.0 Å². The molecule has 1 aliphatic rings. The predicted octanol–water partition coefficient (Wildman–Crippen LogP) is 2.82. The smallest absolute Gasteiger partial charge is 0.311 e. The van der Waals surface area contributed by atoms with Crippen LogP contribution in [0, 0.1) is 27.8 Å². The van der Waals surface area contributed by atoms with Crippen molar-refractivity contribution in [3.63, 3.8) is 0 Å². The average Bonchev–Trinajstić information content (AvgIpc) is 2.67. The lowest BCUT2D eigenvalue weighted by Gasteiger charge is -2.35. The SMILES string of the molecule is C=C(C#Cc1ccccc1F)N1CCN(c2ncccc2[N+](=O)[O-])CC1. The minimum atomic E-state index is -0.423. The van der Waals surface area contributed by atoms with Crippen molar-refractivity contribution < 1.29 is 9.31 Å². The van der Waals surface area contributed by atoms with Crippen molar-refractivity contribution in [3.8, 4) is 11.8 Å². The van der Waals surface area contributed by atoms with Gasteiger partial charge in [-0.25, -0.2) is 9.37 Å². The Morgan fingerprint density at radius 3 is 2.62 bits per heavy atom. The molecule has 0 bridgehead atoms. The fourth-order valence-electron chi connectivity index (χ4n) is 2.74. The van der Waals surface area contributed by atoms with E-state index in [4.69, 9.17) is 0 Å². The lowest BCUT2D eigenvalue weighted by molar-refractivity contribution is -0.384. The zero-order valence-electron chi connectivity index (χ0n) is 14.1. The Balaban J connectivity index is 1.65. The first kappa shape index (κ1) is 17.4. The van der Waals surface area contributed by atoms with E-state index in [9.17, 15) is 14.5 Å². The molecule has 1 fully saturated rings. The van der Waals surface area contributed by atoms with Crippen LogP contribution >= 0.6 is 0 Å². The van der Waals surface area contributed by atoms with Gasteiger partial charge in [-0.3, -0.25) is 10.1 Å². The maximum atomic E-state index is 13.6. The molecule has 0 spiro atoms. The molecule has 0 atom stereocenters. The first-order valence-corrected chi connectivity index (χ1v) is 8.11. The summed E-state index contributed by atoms with van der Waals surface area (Å²) in [6.07, 6.45) is 1.55. The molecule has 7 heteroatoms. The van der Waals surface area contributed by atoms with Crippen LogP contribution < -0.4 is 4.90 Å². The molecule has 0 N–H and O–H groups in total. The molecule has 0 radical (unpaired) electrons. The number of halogens is 1. The second-order valence-corrected chi connectivity index (χ2v) is 5.75. The van der Waals surface area contributed by atoms with E-state index < -0.39 is 4.92 Å². The van der Waals surface area contributed by atoms with E-state index in [1.807, 2.05) is 9.80 Å². The highest BCUT2D eigenvalue weighted by atomic mass is 19.1. The molecule has 3 rings (SSSR count). The number of allylic oxidation sites excluding steroid dienone is 1. The molecule has 0 amide bonds. The molecule has 0 aliphatic carbocycles. The molecule has 26 heavy (non-hydrogen) atoms. The highest BCUT2D eigenvalue weighted by molar-refractivity contribution is 5.57. The summed E-state index contributed by atoms with van der Waals surface area (Å²) >= 11 is 0. The van der Waals surface area contributed by atoms with Gasteiger partial charge in [0.25, 0.3) is 0 Å². The normalized spacial score (nSPS) is 13.7. The molecule has 1 saturated heterocycles. The van der Waals surface area contributed by atoms with Gasteiger partial charge in [0, 0.05) is 38.4 Å². The molecule has 2 aromatic rings. The van der Waals surface area contributed by atoms with Crippen LogP contribution in [0.5, 0.6) is 0 Å². The van der Waals surface area contributed by atoms with Crippen molar-refractivity contribution in [2.75, 3.05) is 31.1 Å². The summed E-state index contributed by atoms with van der Waals surface area (Å²) in [5.41, 5.74) is 0.930. The Bertz CT molecular complexity index is 896. The van der Waals surface area contributed by atoms with Crippen LogP contribution in [0.4, 0.5) is 15.9 Å². The highest BCUT2D eigenvalue weighted by Crippen LogP contribution is 2.26. The van der Waals surface area contributed by atoms with Crippen LogP contribution in [0.1, 0.15) is 5.56 Å².